The lowest BCUT2D eigenvalue weighted by Gasteiger charge is -2.21. The monoisotopic (exact) mass is 298 g/mol. The van der Waals surface area contributed by atoms with E-state index in [1.807, 2.05) is 17.1 Å². The molecule has 1 atom stereocenters. The molecule has 5 nitrogen and oxygen atoms in total. The minimum Gasteiger partial charge on any atom is -0.352 e. The minimum absolute atomic E-state index is 0.120. The highest BCUT2D eigenvalue weighted by Crippen LogP contribution is 2.11. The first-order valence-corrected chi connectivity index (χ1v) is 7.83. The zero-order chi connectivity index (χ0) is 15.2. The fourth-order valence-corrected chi connectivity index (χ4v) is 2.76. The number of hydrogen-bond donors (Lipinski definition) is 2. The number of nitrogens with one attached hydrogen (secondary N) is 2. The average Bonchev–Trinajstić information content (AvgIpc) is 3.08. The second-order valence-corrected chi connectivity index (χ2v) is 5.81. The molecule has 0 aliphatic carbocycles. The molecule has 1 fully saturated rings. The molecule has 1 aromatic heterocycles. The summed E-state index contributed by atoms with van der Waals surface area (Å²) in [5, 5.41) is 6.31. The van der Waals surface area contributed by atoms with Crippen molar-refractivity contribution in [2.24, 2.45) is 5.92 Å². The summed E-state index contributed by atoms with van der Waals surface area (Å²) in [7, 11) is 0. The van der Waals surface area contributed by atoms with Gasteiger partial charge in [-0.1, -0.05) is 24.3 Å². The van der Waals surface area contributed by atoms with Gasteiger partial charge in [-0.15, -0.1) is 0 Å². The molecule has 1 unspecified atom stereocenters. The zero-order valence-corrected chi connectivity index (χ0v) is 12.7. The van der Waals surface area contributed by atoms with Crippen LogP contribution >= 0.6 is 0 Å². The number of carbonyl (C=O) groups is 1. The third kappa shape index (κ3) is 3.95. The van der Waals surface area contributed by atoms with Crippen molar-refractivity contribution in [3.8, 4) is 0 Å². The number of amides is 1. The summed E-state index contributed by atoms with van der Waals surface area (Å²) in [4.78, 5) is 16.1. The van der Waals surface area contributed by atoms with Crippen LogP contribution in [0.5, 0.6) is 0 Å². The Morgan fingerprint density at radius 2 is 2.14 bits per heavy atom. The number of aromatic nitrogens is 2. The van der Waals surface area contributed by atoms with Gasteiger partial charge in [0, 0.05) is 32.0 Å². The van der Waals surface area contributed by atoms with Crippen LogP contribution in [0.1, 0.15) is 24.0 Å². The second kappa shape index (κ2) is 7.22. The van der Waals surface area contributed by atoms with Crippen LogP contribution < -0.4 is 10.6 Å². The van der Waals surface area contributed by atoms with E-state index in [0.29, 0.717) is 6.54 Å². The first kappa shape index (κ1) is 14.8. The van der Waals surface area contributed by atoms with Crippen LogP contribution in [0.25, 0.3) is 0 Å². The van der Waals surface area contributed by atoms with Gasteiger partial charge in [0.05, 0.1) is 12.2 Å². The van der Waals surface area contributed by atoms with E-state index in [9.17, 15) is 4.79 Å². The predicted octanol–water partition coefficient (Wildman–Crippen LogP) is 1.55. The SMILES string of the molecule is O=C(NCc1ccc(Cn2ccnc2)cc1)C1CCCNC1. The molecule has 22 heavy (non-hydrogen) atoms. The summed E-state index contributed by atoms with van der Waals surface area (Å²) in [6.45, 7) is 3.25. The maximum absolute atomic E-state index is 12.1. The van der Waals surface area contributed by atoms with Crippen LogP contribution in [0, 0.1) is 5.92 Å². The molecule has 0 saturated carbocycles. The van der Waals surface area contributed by atoms with E-state index >= 15 is 0 Å². The van der Waals surface area contributed by atoms with E-state index in [-0.39, 0.29) is 11.8 Å². The number of imidazole rings is 1. The lowest BCUT2D eigenvalue weighted by molar-refractivity contribution is -0.125. The molecule has 1 aliphatic rings. The van der Waals surface area contributed by atoms with Crippen molar-refractivity contribution in [3.63, 3.8) is 0 Å². The number of piperidine rings is 1. The van der Waals surface area contributed by atoms with E-state index in [2.05, 4.69) is 39.9 Å². The Hall–Kier alpha value is -2.14. The van der Waals surface area contributed by atoms with Crippen molar-refractivity contribution >= 4 is 5.91 Å². The maximum Gasteiger partial charge on any atom is 0.224 e. The second-order valence-electron chi connectivity index (χ2n) is 5.81. The molecule has 0 radical (unpaired) electrons. The van der Waals surface area contributed by atoms with Gasteiger partial charge >= 0.3 is 0 Å². The molecule has 0 spiro atoms. The Labute approximate surface area is 130 Å². The summed E-state index contributed by atoms with van der Waals surface area (Å²) >= 11 is 0. The van der Waals surface area contributed by atoms with Crippen molar-refractivity contribution in [2.75, 3.05) is 13.1 Å². The van der Waals surface area contributed by atoms with Gasteiger partial charge in [-0.2, -0.15) is 0 Å². The van der Waals surface area contributed by atoms with Crippen LogP contribution in [0.3, 0.4) is 0 Å². The minimum atomic E-state index is 0.120. The van der Waals surface area contributed by atoms with Crippen LogP contribution in [-0.4, -0.2) is 28.5 Å². The third-order valence-electron chi connectivity index (χ3n) is 4.08. The van der Waals surface area contributed by atoms with Crippen molar-refractivity contribution < 1.29 is 4.79 Å². The molecular formula is C17H22N4O. The van der Waals surface area contributed by atoms with Crippen LogP contribution in [0.15, 0.2) is 43.0 Å². The van der Waals surface area contributed by atoms with Crippen LogP contribution in [0.2, 0.25) is 0 Å². The van der Waals surface area contributed by atoms with Gasteiger partial charge in [0.1, 0.15) is 0 Å². The molecular weight excluding hydrogens is 276 g/mol. The number of benzene rings is 1. The number of rotatable bonds is 5. The number of carbonyl (C=O) groups excluding carboxylic acids is 1. The fraction of sp³-hybridized carbons (Fsp3) is 0.412. The molecule has 2 N–H and O–H groups in total. The molecule has 1 aliphatic heterocycles. The van der Waals surface area contributed by atoms with Crippen LogP contribution in [0.4, 0.5) is 0 Å². The van der Waals surface area contributed by atoms with E-state index in [1.54, 1.807) is 6.20 Å². The molecule has 3 rings (SSSR count). The Kier molecular flexibility index (Phi) is 4.85. The van der Waals surface area contributed by atoms with Crippen molar-refractivity contribution in [1.29, 1.82) is 0 Å². The number of hydrogen-bond acceptors (Lipinski definition) is 3. The van der Waals surface area contributed by atoms with E-state index < -0.39 is 0 Å². The smallest absolute Gasteiger partial charge is 0.224 e. The number of nitrogens with zero attached hydrogens (tertiary/aromatic N) is 2. The third-order valence-corrected chi connectivity index (χ3v) is 4.08. The first-order valence-electron chi connectivity index (χ1n) is 7.83. The average molecular weight is 298 g/mol. The molecule has 2 aromatic rings. The van der Waals surface area contributed by atoms with Gasteiger partial charge in [-0.3, -0.25) is 4.79 Å². The summed E-state index contributed by atoms with van der Waals surface area (Å²) in [5.41, 5.74) is 2.36. The lowest BCUT2D eigenvalue weighted by atomic mass is 9.99. The quantitative estimate of drug-likeness (QED) is 0.880. The Balaban J connectivity index is 1.49. The Morgan fingerprint density at radius 3 is 2.82 bits per heavy atom. The molecule has 1 amide bonds. The van der Waals surface area contributed by atoms with Gasteiger partial charge in [0.15, 0.2) is 0 Å². The summed E-state index contributed by atoms with van der Waals surface area (Å²) in [6, 6.07) is 8.35. The van der Waals surface area contributed by atoms with Gasteiger partial charge in [-0.25, -0.2) is 4.98 Å². The van der Waals surface area contributed by atoms with Crippen molar-refractivity contribution in [3.05, 3.63) is 54.1 Å². The van der Waals surface area contributed by atoms with Crippen molar-refractivity contribution in [1.82, 2.24) is 20.2 Å². The van der Waals surface area contributed by atoms with E-state index in [1.165, 1.54) is 5.56 Å². The molecule has 2 heterocycles. The van der Waals surface area contributed by atoms with Gasteiger partial charge < -0.3 is 15.2 Å². The molecule has 1 aromatic carbocycles. The van der Waals surface area contributed by atoms with E-state index in [4.69, 9.17) is 0 Å². The van der Waals surface area contributed by atoms with Gasteiger partial charge in [0.25, 0.3) is 0 Å². The maximum atomic E-state index is 12.1. The highest BCUT2D eigenvalue weighted by molar-refractivity contribution is 5.78. The Morgan fingerprint density at radius 1 is 1.32 bits per heavy atom. The molecule has 116 valence electrons. The predicted molar refractivity (Wildman–Crippen MR) is 85.2 cm³/mol. The highest BCUT2D eigenvalue weighted by atomic mass is 16.1. The first-order chi connectivity index (χ1) is 10.8. The molecule has 5 heteroatoms. The fourth-order valence-electron chi connectivity index (χ4n) is 2.76. The standard InChI is InChI=1S/C17H22N4O/c22-17(16-2-1-7-18-11-16)20-10-14-3-5-15(6-4-14)12-21-9-8-19-13-21/h3-6,8-9,13,16,18H,1-2,7,10-12H2,(H,20,22). The largest absolute Gasteiger partial charge is 0.352 e. The lowest BCUT2D eigenvalue weighted by Crippen LogP contribution is -2.40. The summed E-state index contributed by atoms with van der Waals surface area (Å²) in [5.74, 6) is 0.281. The van der Waals surface area contributed by atoms with Gasteiger partial charge in [0.2, 0.25) is 5.91 Å². The topological polar surface area (TPSA) is 59.0 Å². The summed E-state index contributed by atoms with van der Waals surface area (Å²) in [6.07, 6.45) is 7.62. The zero-order valence-electron chi connectivity index (χ0n) is 12.7. The normalized spacial score (nSPS) is 18.1. The van der Waals surface area contributed by atoms with Gasteiger partial charge in [-0.05, 0) is 30.5 Å². The highest BCUT2D eigenvalue weighted by Gasteiger charge is 2.20. The van der Waals surface area contributed by atoms with Crippen LogP contribution in [-0.2, 0) is 17.9 Å². The van der Waals surface area contributed by atoms with E-state index in [0.717, 1.165) is 38.0 Å². The molecule has 0 bridgehead atoms. The molecule has 1 saturated heterocycles. The Bertz CT molecular complexity index is 586. The van der Waals surface area contributed by atoms with Crippen molar-refractivity contribution in [2.45, 2.75) is 25.9 Å². The summed E-state index contributed by atoms with van der Waals surface area (Å²) < 4.78 is 2.03.